The Morgan fingerprint density at radius 2 is 1.83 bits per heavy atom. The van der Waals surface area contributed by atoms with E-state index in [0.717, 1.165) is 12.5 Å². The first kappa shape index (κ1) is 13.6. The van der Waals surface area contributed by atoms with Crippen LogP contribution in [0.15, 0.2) is 24.3 Å². The van der Waals surface area contributed by atoms with Gasteiger partial charge in [0, 0.05) is 18.0 Å². The second-order valence-electron chi connectivity index (χ2n) is 6.36. The summed E-state index contributed by atoms with van der Waals surface area (Å²) < 4.78 is 0. The van der Waals surface area contributed by atoms with Gasteiger partial charge < -0.3 is 5.32 Å². The minimum atomic E-state index is 0.401. The Morgan fingerprint density at radius 3 is 2.33 bits per heavy atom. The number of aryl methyl sites for hydroxylation is 1. The first-order valence-corrected chi connectivity index (χ1v) is 7.36. The van der Waals surface area contributed by atoms with Gasteiger partial charge in [-0.15, -0.1) is 0 Å². The van der Waals surface area contributed by atoms with Gasteiger partial charge in [-0.25, -0.2) is 0 Å². The van der Waals surface area contributed by atoms with Gasteiger partial charge in [0.05, 0.1) is 0 Å². The van der Waals surface area contributed by atoms with E-state index in [1.54, 1.807) is 0 Å². The highest BCUT2D eigenvalue weighted by atomic mass is 14.9. The fraction of sp³-hybridized carbons (Fsp3) is 0.647. The lowest BCUT2D eigenvalue weighted by atomic mass is 9.58. The molecular formula is C17H27N. The maximum absolute atomic E-state index is 3.65. The Hall–Kier alpha value is -0.820. The molecule has 0 aromatic heterocycles. The van der Waals surface area contributed by atoms with Crippen molar-refractivity contribution >= 4 is 0 Å². The van der Waals surface area contributed by atoms with E-state index in [9.17, 15) is 0 Å². The molecule has 1 saturated carbocycles. The maximum Gasteiger partial charge on any atom is 0.00831 e. The molecule has 0 saturated heterocycles. The van der Waals surface area contributed by atoms with Crippen LogP contribution in [0.4, 0.5) is 0 Å². The molecule has 0 heterocycles. The van der Waals surface area contributed by atoms with Gasteiger partial charge in [-0.3, -0.25) is 0 Å². The fourth-order valence-corrected chi connectivity index (χ4v) is 3.12. The van der Waals surface area contributed by atoms with Crippen LogP contribution in [0, 0.1) is 12.8 Å². The van der Waals surface area contributed by atoms with E-state index in [-0.39, 0.29) is 0 Å². The van der Waals surface area contributed by atoms with Crippen molar-refractivity contribution in [2.45, 2.75) is 58.4 Å². The average molecular weight is 245 g/mol. The van der Waals surface area contributed by atoms with Gasteiger partial charge in [0.2, 0.25) is 0 Å². The lowest BCUT2D eigenvalue weighted by molar-refractivity contribution is 0.131. The summed E-state index contributed by atoms with van der Waals surface area (Å²) in [6, 6.07) is 9.76. The van der Waals surface area contributed by atoms with E-state index in [4.69, 9.17) is 0 Å². The highest BCUT2D eigenvalue weighted by Gasteiger charge is 2.44. The zero-order valence-electron chi connectivity index (χ0n) is 12.3. The number of hydrogen-bond donors (Lipinski definition) is 1. The van der Waals surface area contributed by atoms with Gasteiger partial charge in [-0.2, -0.15) is 0 Å². The third kappa shape index (κ3) is 2.77. The number of benzene rings is 1. The molecule has 0 unspecified atom stereocenters. The molecule has 1 fully saturated rings. The van der Waals surface area contributed by atoms with E-state index in [0.29, 0.717) is 11.5 Å². The highest BCUT2D eigenvalue weighted by Crippen LogP contribution is 2.48. The van der Waals surface area contributed by atoms with Gasteiger partial charge in [-0.1, -0.05) is 57.0 Å². The maximum atomic E-state index is 3.65. The molecule has 0 atom stereocenters. The third-order valence-electron chi connectivity index (χ3n) is 4.45. The zero-order chi connectivity index (χ0) is 13.2. The number of hydrogen-bond acceptors (Lipinski definition) is 1. The topological polar surface area (TPSA) is 12.0 Å². The molecular weight excluding hydrogens is 218 g/mol. The molecule has 100 valence electrons. The van der Waals surface area contributed by atoms with Gasteiger partial charge in [0.1, 0.15) is 0 Å². The quantitative estimate of drug-likeness (QED) is 0.825. The minimum absolute atomic E-state index is 0.401. The first-order valence-electron chi connectivity index (χ1n) is 7.36. The van der Waals surface area contributed by atoms with Crippen molar-refractivity contribution in [1.82, 2.24) is 5.32 Å². The van der Waals surface area contributed by atoms with E-state index < -0.39 is 0 Å². The van der Waals surface area contributed by atoms with E-state index >= 15 is 0 Å². The van der Waals surface area contributed by atoms with Crippen molar-refractivity contribution in [2.24, 2.45) is 5.92 Å². The molecule has 2 rings (SSSR count). The van der Waals surface area contributed by atoms with Gasteiger partial charge in [0.25, 0.3) is 0 Å². The Bertz CT molecular complexity index is 371. The van der Waals surface area contributed by atoms with Gasteiger partial charge in [0.15, 0.2) is 0 Å². The standard InChI is InChI=1S/C17H27N/c1-5-15-10-17(11-15,12-18-13(2)3)16-8-6-14(4)7-9-16/h6-9,13,15,18H,5,10-12H2,1-4H3. The van der Waals surface area contributed by atoms with Crippen molar-refractivity contribution in [3.05, 3.63) is 35.4 Å². The molecule has 0 radical (unpaired) electrons. The van der Waals surface area contributed by atoms with Crippen LogP contribution in [0.25, 0.3) is 0 Å². The third-order valence-corrected chi connectivity index (χ3v) is 4.45. The lowest BCUT2D eigenvalue weighted by Crippen LogP contribution is -2.49. The minimum Gasteiger partial charge on any atom is -0.314 e. The fourth-order valence-electron chi connectivity index (χ4n) is 3.12. The Morgan fingerprint density at radius 1 is 1.22 bits per heavy atom. The Kier molecular flexibility index (Phi) is 4.11. The summed E-state index contributed by atoms with van der Waals surface area (Å²) >= 11 is 0. The number of rotatable bonds is 5. The summed E-state index contributed by atoms with van der Waals surface area (Å²) in [6.45, 7) is 10.1. The summed E-state index contributed by atoms with van der Waals surface area (Å²) in [5.74, 6) is 0.931. The molecule has 1 aliphatic carbocycles. The van der Waals surface area contributed by atoms with Crippen LogP contribution >= 0.6 is 0 Å². The summed E-state index contributed by atoms with van der Waals surface area (Å²) in [7, 11) is 0. The summed E-state index contributed by atoms with van der Waals surface area (Å²) in [4.78, 5) is 0. The second-order valence-corrected chi connectivity index (χ2v) is 6.36. The predicted molar refractivity (Wildman–Crippen MR) is 79.0 cm³/mol. The van der Waals surface area contributed by atoms with Crippen molar-refractivity contribution < 1.29 is 0 Å². The second kappa shape index (κ2) is 5.44. The molecule has 1 heteroatoms. The normalized spacial score (nSPS) is 27.3. The van der Waals surface area contributed by atoms with Crippen LogP contribution in [0.1, 0.15) is 51.2 Å². The molecule has 1 nitrogen and oxygen atoms in total. The van der Waals surface area contributed by atoms with E-state index in [1.165, 1.54) is 30.4 Å². The Labute approximate surface area is 112 Å². The van der Waals surface area contributed by atoms with Crippen molar-refractivity contribution in [2.75, 3.05) is 6.54 Å². The molecule has 0 bridgehead atoms. The summed E-state index contributed by atoms with van der Waals surface area (Å²) in [5, 5.41) is 3.65. The van der Waals surface area contributed by atoms with E-state index in [1.807, 2.05) is 0 Å². The molecule has 1 aromatic rings. The van der Waals surface area contributed by atoms with E-state index in [2.05, 4.69) is 57.3 Å². The van der Waals surface area contributed by atoms with Crippen LogP contribution in [-0.2, 0) is 5.41 Å². The first-order chi connectivity index (χ1) is 8.55. The number of nitrogens with one attached hydrogen (secondary N) is 1. The molecule has 0 amide bonds. The molecule has 1 aromatic carbocycles. The van der Waals surface area contributed by atoms with Crippen molar-refractivity contribution in [3.8, 4) is 0 Å². The summed E-state index contributed by atoms with van der Waals surface area (Å²) in [6.07, 6.45) is 4.04. The van der Waals surface area contributed by atoms with Crippen LogP contribution in [0.5, 0.6) is 0 Å². The van der Waals surface area contributed by atoms with Crippen LogP contribution in [0.2, 0.25) is 0 Å². The van der Waals surface area contributed by atoms with Crippen LogP contribution < -0.4 is 5.32 Å². The van der Waals surface area contributed by atoms with Gasteiger partial charge >= 0.3 is 0 Å². The average Bonchev–Trinajstić information content (AvgIpc) is 2.29. The van der Waals surface area contributed by atoms with Gasteiger partial charge in [-0.05, 0) is 31.2 Å². The molecule has 1 aliphatic rings. The molecule has 0 spiro atoms. The zero-order valence-corrected chi connectivity index (χ0v) is 12.3. The van der Waals surface area contributed by atoms with Crippen LogP contribution in [-0.4, -0.2) is 12.6 Å². The monoisotopic (exact) mass is 245 g/mol. The van der Waals surface area contributed by atoms with Crippen molar-refractivity contribution in [1.29, 1.82) is 0 Å². The Balaban J connectivity index is 2.13. The van der Waals surface area contributed by atoms with Crippen molar-refractivity contribution in [3.63, 3.8) is 0 Å². The SMILES string of the molecule is CCC1CC(CNC(C)C)(c2ccc(C)cc2)C1. The van der Waals surface area contributed by atoms with Crippen LogP contribution in [0.3, 0.4) is 0 Å². The largest absolute Gasteiger partial charge is 0.314 e. The summed E-state index contributed by atoms with van der Waals surface area (Å²) in [5.41, 5.74) is 3.29. The molecule has 18 heavy (non-hydrogen) atoms. The lowest BCUT2D eigenvalue weighted by Gasteiger charge is -2.49. The highest BCUT2D eigenvalue weighted by molar-refractivity contribution is 5.32. The predicted octanol–water partition coefficient (Wildman–Crippen LogP) is 4.05. The smallest absolute Gasteiger partial charge is 0.00831 e. The molecule has 0 aliphatic heterocycles. The molecule has 1 N–H and O–H groups in total.